The number of hydrogen-bond acceptors (Lipinski definition) is 7. The molecule has 1 aromatic carbocycles. The summed E-state index contributed by atoms with van der Waals surface area (Å²) in [5.74, 6) is 2.63. The molecule has 1 atom stereocenters. The lowest BCUT2D eigenvalue weighted by Gasteiger charge is -2.34. The molecule has 8 heteroatoms. The van der Waals surface area contributed by atoms with Gasteiger partial charge in [0.05, 0.1) is 6.33 Å². The molecule has 2 aliphatic rings. The summed E-state index contributed by atoms with van der Waals surface area (Å²) in [7, 11) is 0. The Labute approximate surface area is 163 Å². The second kappa shape index (κ2) is 7.27. The van der Waals surface area contributed by atoms with Crippen LogP contribution in [0.15, 0.2) is 30.9 Å². The number of ether oxygens (including phenoxy) is 2. The van der Waals surface area contributed by atoms with Crippen LogP contribution in [0.5, 0.6) is 11.5 Å². The van der Waals surface area contributed by atoms with Crippen molar-refractivity contribution in [1.82, 2.24) is 25.3 Å². The number of H-pyrrole nitrogens is 1. The Morgan fingerprint density at radius 2 is 1.93 bits per heavy atom. The van der Waals surface area contributed by atoms with Gasteiger partial charge in [-0.05, 0) is 37.5 Å². The lowest BCUT2D eigenvalue weighted by Crippen LogP contribution is -2.43. The van der Waals surface area contributed by atoms with Crippen LogP contribution in [0.1, 0.15) is 31.4 Å². The molecule has 0 radical (unpaired) electrons. The number of nitrogens with one attached hydrogen (secondary N) is 2. The summed E-state index contributed by atoms with van der Waals surface area (Å²) in [5.41, 5.74) is 2.86. The highest BCUT2D eigenvalue weighted by atomic mass is 16.6. The number of aromatic amines is 1. The maximum absolute atomic E-state index is 5.72. The Hall–Kier alpha value is -2.87. The predicted octanol–water partition coefficient (Wildman–Crippen LogP) is 2.44. The van der Waals surface area contributed by atoms with Gasteiger partial charge in [0.15, 0.2) is 23.0 Å². The van der Waals surface area contributed by atoms with Crippen molar-refractivity contribution in [3.05, 3.63) is 36.4 Å². The summed E-state index contributed by atoms with van der Waals surface area (Å²) in [4.78, 5) is 18.4. The third-order valence-corrected chi connectivity index (χ3v) is 5.55. The van der Waals surface area contributed by atoms with Gasteiger partial charge in [-0.25, -0.2) is 15.0 Å². The summed E-state index contributed by atoms with van der Waals surface area (Å²) in [6.45, 7) is 5.35. The van der Waals surface area contributed by atoms with Crippen LogP contribution >= 0.6 is 0 Å². The minimum atomic E-state index is 0.255. The van der Waals surface area contributed by atoms with Gasteiger partial charge in [-0.3, -0.25) is 0 Å². The molecule has 0 amide bonds. The highest BCUT2D eigenvalue weighted by Gasteiger charge is 2.24. The quantitative estimate of drug-likeness (QED) is 0.719. The molecule has 0 saturated carbocycles. The van der Waals surface area contributed by atoms with E-state index in [-0.39, 0.29) is 6.04 Å². The minimum Gasteiger partial charge on any atom is -0.486 e. The number of aromatic nitrogens is 4. The zero-order valence-electron chi connectivity index (χ0n) is 15.9. The van der Waals surface area contributed by atoms with Crippen molar-refractivity contribution in [2.75, 3.05) is 31.2 Å². The van der Waals surface area contributed by atoms with E-state index < -0.39 is 0 Å². The molecule has 146 valence electrons. The number of imidazole rings is 1. The van der Waals surface area contributed by atoms with Gasteiger partial charge < -0.3 is 24.7 Å². The predicted molar refractivity (Wildman–Crippen MR) is 106 cm³/mol. The van der Waals surface area contributed by atoms with Crippen LogP contribution in [0.25, 0.3) is 11.2 Å². The topological polar surface area (TPSA) is 88.2 Å². The summed E-state index contributed by atoms with van der Waals surface area (Å²) < 4.78 is 11.3. The van der Waals surface area contributed by atoms with Gasteiger partial charge >= 0.3 is 0 Å². The molecule has 1 saturated heterocycles. The highest BCUT2D eigenvalue weighted by Crippen LogP contribution is 2.33. The van der Waals surface area contributed by atoms with Crippen LogP contribution in [0.3, 0.4) is 0 Å². The first-order chi connectivity index (χ1) is 13.8. The number of anilines is 1. The zero-order valence-corrected chi connectivity index (χ0v) is 15.9. The first-order valence-electron chi connectivity index (χ1n) is 9.82. The van der Waals surface area contributed by atoms with Crippen molar-refractivity contribution in [2.24, 2.45) is 0 Å². The molecule has 28 heavy (non-hydrogen) atoms. The summed E-state index contributed by atoms with van der Waals surface area (Å²) >= 11 is 0. The summed E-state index contributed by atoms with van der Waals surface area (Å²) in [6.07, 6.45) is 5.39. The molecule has 0 spiro atoms. The normalized spacial score (nSPS) is 18.4. The van der Waals surface area contributed by atoms with Gasteiger partial charge in [-0.1, -0.05) is 6.07 Å². The summed E-state index contributed by atoms with van der Waals surface area (Å²) in [6, 6.07) is 6.95. The van der Waals surface area contributed by atoms with Gasteiger partial charge in [-0.2, -0.15) is 0 Å². The molecule has 0 aliphatic carbocycles. The van der Waals surface area contributed by atoms with E-state index in [2.05, 4.69) is 49.2 Å². The summed E-state index contributed by atoms with van der Waals surface area (Å²) in [5, 5.41) is 3.77. The van der Waals surface area contributed by atoms with Crippen LogP contribution in [0.2, 0.25) is 0 Å². The van der Waals surface area contributed by atoms with Crippen molar-refractivity contribution >= 4 is 17.0 Å². The smallest absolute Gasteiger partial charge is 0.182 e. The van der Waals surface area contributed by atoms with Crippen molar-refractivity contribution in [3.63, 3.8) is 0 Å². The molecule has 2 aliphatic heterocycles. The van der Waals surface area contributed by atoms with E-state index >= 15 is 0 Å². The van der Waals surface area contributed by atoms with Crippen molar-refractivity contribution in [3.8, 4) is 11.5 Å². The van der Waals surface area contributed by atoms with E-state index in [1.54, 1.807) is 12.7 Å². The second-order valence-corrected chi connectivity index (χ2v) is 7.35. The van der Waals surface area contributed by atoms with Crippen molar-refractivity contribution < 1.29 is 9.47 Å². The van der Waals surface area contributed by atoms with E-state index in [9.17, 15) is 0 Å². The molecule has 5 rings (SSSR count). The monoisotopic (exact) mass is 380 g/mol. The average Bonchev–Trinajstić information content (AvgIpc) is 3.23. The molecular formula is C20H24N6O2. The molecule has 3 aromatic rings. The average molecular weight is 380 g/mol. The Morgan fingerprint density at radius 3 is 2.79 bits per heavy atom. The van der Waals surface area contributed by atoms with Gasteiger partial charge in [0.1, 0.15) is 25.1 Å². The largest absolute Gasteiger partial charge is 0.486 e. The number of rotatable bonds is 4. The van der Waals surface area contributed by atoms with E-state index in [1.165, 1.54) is 5.56 Å². The lowest BCUT2D eigenvalue weighted by molar-refractivity contribution is 0.171. The van der Waals surface area contributed by atoms with Gasteiger partial charge in [0.2, 0.25) is 0 Å². The fourth-order valence-electron chi connectivity index (χ4n) is 4.03. The van der Waals surface area contributed by atoms with Crippen LogP contribution < -0.4 is 19.7 Å². The molecule has 1 fully saturated rings. The van der Waals surface area contributed by atoms with E-state index in [4.69, 9.17) is 9.47 Å². The maximum atomic E-state index is 5.72. The Bertz CT molecular complexity index is 966. The van der Waals surface area contributed by atoms with Crippen LogP contribution in [0.4, 0.5) is 5.82 Å². The molecule has 0 bridgehead atoms. The Morgan fingerprint density at radius 1 is 1.11 bits per heavy atom. The van der Waals surface area contributed by atoms with E-state index in [1.807, 2.05) is 6.07 Å². The first-order valence-corrected chi connectivity index (χ1v) is 9.82. The van der Waals surface area contributed by atoms with E-state index in [0.717, 1.165) is 54.4 Å². The van der Waals surface area contributed by atoms with Crippen molar-refractivity contribution in [2.45, 2.75) is 31.8 Å². The molecule has 2 aromatic heterocycles. The van der Waals surface area contributed by atoms with Crippen LogP contribution in [-0.2, 0) is 0 Å². The highest BCUT2D eigenvalue weighted by molar-refractivity contribution is 5.82. The first kappa shape index (κ1) is 17.2. The van der Waals surface area contributed by atoms with Crippen molar-refractivity contribution in [1.29, 1.82) is 0 Å². The molecule has 1 unspecified atom stereocenters. The Kier molecular flexibility index (Phi) is 4.48. The molecule has 4 heterocycles. The van der Waals surface area contributed by atoms with Crippen LogP contribution in [0, 0.1) is 0 Å². The molecule has 8 nitrogen and oxygen atoms in total. The zero-order chi connectivity index (χ0) is 18.9. The Balaban J connectivity index is 1.22. The number of nitrogens with zero attached hydrogens (tertiary/aromatic N) is 4. The minimum absolute atomic E-state index is 0.255. The number of piperidine rings is 1. The SMILES string of the molecule is CC(NC1CCN(c2ncnc3nc[nH]c23)CC1)c1ccc2c(c1)OCCO2. The fraction of sp³-hybridized carbons (Fsp3) is 0.450. The fourth-order valence-corrected chi connectivity index (χ4v) is 4.03. The van der Waals surface area contributed by atoms with Gasteiger partial charge in [0.25, 0.3) is 0 Å². The molecular weight excluding hydrogens is 356 g/mol. The van der Waals surface area contributed by atoms with Gasteiger partial charge in [-0.15, -0.1) is 0 Å². The maximum Gasteiger partial charge on any atom is 0.182 e. The lowest BCUT2D eigenvalue weighted by atomic mass is 10.0. The number of hydrogen-bond donors (Lipinski definition) is 2. The third kappa shape index (κ3) is 3.24. The third-order valence-electron chi connectivity index (χ3n) is 5.55. The number of fused-ring (bicyclic) bond motifs is 2. The second-order valence-electron chi connectivity index (χ2n) is 7.35. The van der Waals surface area contributed by atoms with Crippen LogP contribution in [-0.4, -0.2) is 52.3 Å². The molecule has 2 N–H and O–H groups in total. The number of benzene rings is 1. The standard InChI is InChI=1S/C20H24N6O2/c1-13(14-2-3-16-17(10-14)28-9-8-27-16)25-15-4-6-26(7-5-15)20-18-19(22-11-21-18)23-12-24-20/h2-3,10-13,15,25H,4-9H2,1H3,(H,21,22,23,24). The van der Waals surface area contributed by atoms with Gasteiger partial charge in [0, 0.05) is 25.2 Å². The van der Waals surface area contributed by atoms with E-state index in [0.29, 0.717) is 19.3 Å².